The van der Waals surface area contributed by atoms with Crippen molar-refractivity contribution in [1.82, 2.24) is 0 Å². The lowest BCUT2D eigenvalue weighted by Gasteiger charge is -2.11. The summed E-state index contributed by atoms with van der Waals surface area (Å²) in [6, 6.07) is 0. The van der Waals surface area contributed by atoms with Crippen molar-refractivity contribution in [2.75, 3.05) is 13.2 Å². The third-order valence-electron chi connectivity index (χ3n) is 0.777. The first-order valence-electron chi connectivity index (χ1n) is 2.55. The molecule has 7 heteroatoms. The topological polar surface area (TPSA) is 62.9 Å². The summed E-state index contributed by atoms with van der Waals surface area (Å²) in [5.41, 5.74) is 5.16. The average molecular weight is 143 g/mol. The molecule has 0 aliphatic rings. The van der Waals surface area contributed by atoms with E-state index in [9.17, 15) is 0 Å². The normalized spacial score (nSPS) is 13.3. The molecule has 2 N–H and O–H groups in total. The second-order valence-corrected chi connectivity index (χ2v) is 1.43. The molecule has 0 aromatic rings. The lowest BCUT2D eigenvalue weighted by atomic mass is 10.4. The quantitative estimate of drug-likeness (QED) is 0.274. The zero-order valence-electron chi connectivity index (χ0n) is 5.36. The van der Waals surface area contributed by atoms with Gasteiger partial charge in [-0.3, -0.25) is 4.89 Å². The van der Waals surface area contributed by atoms with Gasteiger partial charge in [0.2, 0.25) is 0 Å². The minimum Gasteiger partial charge on any atom is -0.328 e. The summed E-state index contributed by atoms with van der Waals surface area (Å²) in [6.07, 6.45) is -0.478. The van der Waals surface area contributed by atoms with Crippen molar-refractivity contribution in [3.8, 4) is 0 Å². The van der Waals surface area contributed by atoms with E-state index in [1.165, 1.54) is 0 Å². The molecule has 10 heavy (non-hydrogen) atoms. The van der Waals surface area contributed by atoms with Crippen molar-refractivity contribution in [2.45, 2.75) is 6.10 Å². The van der Waals surface area contributed by atoms with Crippen LogP contribution < -0.4 is 5.73 Å². The maximum atomic E-state index is 5.16. The summed E-state index contributed by atoms with van der Waals surface area (Å²) in [5, 5.41) is 0. The standard InChI is InChI=1S/C3H7B2NO4/c4-9-7-2-3(1-6)8-10-5/h3H,1-2,6H2. The maximum Gasteiger partial charge on any atom is 0.338 e. The van der Waals surface area contributed by atoms with Crippen LogP contribution in [-0.2, 0) is 19.4 Å². The lowest BCUT2D eigenvalue weighted by molar-refractivity contribution is -0.289. The minimum absolute atomic E-state index is 0.0597. The fraction of sp³-hybridized carbons (Fsp3) is 1.00. The second kappa shape index (κ2) is 7.04. The average Bonchev–Trinajstić information content (AvgIpc) is 1.98. The fourth-order valence-electron chi connectivity index (χ4n) is 0.329. The summed E-state index contributed by atoms with van der Waals surface area (Å²) < 4.78 is 0. The third kappa shape index (κ3) is 4.78. The molecule has 0 rings (SSSR count). The van der Waals surface area contributed by atoms with Crippen molar-refractivity contribution >= 4 is 16.1 Å². The predicted molar refractivity (Wildman–Crippen MR) is 33.6 cm³/mol. The predicted octanol–water partition coefficient (Wildman–Crippen LogP) is -1.62. The van der Waals surface area contributed by atoms with Gasteiger partial charge in [0.15, 0.2) is 0 Å². The van der Waals surface area contributed by atoms with Crippen LogP contribution in [0.2, 0.25) is 0 Å². The molecule has 0 aliphatic carbocycles. The Morgan fingerprint density at radius 1 is 1.30 bits per heavy atom. The van der Waals surface area contributed by atoms with E-state index in [0.29, 0.717) is 0 Å². The molecule has 0 aromatic heterocycles. The molecule has 5 nitrogen and oxygen atoms in total. The smallest absolute Gasteiger partial charge is 0.328 e. The highest BCUT2D eigenvalue weighted by Crippen LogP contribution is 1.90. The fourth-order valence-corrected chi connectivity index (χ4v) is 0.329. The Labute approximate surface area is 61.5 Å². The second-order valence-electron chi connectivity index (χ2n) is 1.43. The van der Waals surface area contributed by atoms with Gasteiger partial charge in [-0.15, -0.1) is 0 Å². The molecule has 0 bridgehead atoms. The van der Waals surface area contributed by atoms with E-state index >= 15 is 0 Å². The highest BCUT2D eigenvalue weighted by molar-refractivity contribution is 5.97. The van der Waals surface area contributed by atoms with Gasteiger partial charge in [0, 0.05) is 6.54 Å². The monoisotopic (exact) mass is 143 g/mol. The molecule has 1 atom stereocenters. The van der Waals surface area contributed by atoms with E-state index in [-0.39, 0.29) is 13.2 Å². The Hall–Kier alpha value is -0.0701. The van der Waals surface area contributed by atoms with Crippen LogP contribution in [0.15, 0.2) is 0 Å². The summed E-state index contributed by atoms with van der Waals surface area (Å²) in [7, 11) is 9.11. The van der Waals surface area contributed by atoms with E-state index < -0.39 is 6.10 Å². The molecule has 4 radical (unpaired) electrons. The van der Waals surface area contributed by atoms with Crippen LogP contribution in [0, 0.1) is 0 Å². The van der Waals surface area contributed by atoms with Gasteiger partial charge in [0.05, 0.1) is 0 Å². The molecule has 0 aliphatic heterocycles. The molecule has 0 spiro atoms. The van der Waals surface area contributed by atoms with E-state index in [2.05, 4.69) is 35.5 Å². The minimum atomic E-state index is -0.478. The van der Waals surface area contributed by atoms with E-state index in [1.807, 2.05) is 0 Å². The zero-order chi connectivity index (χ0) is 7.82. The Bertz CT molecular complexity index is 75.5. The van der Waals surface area contributed by atoms with E-state index in [1.54, 1.807) is 0 Å². The molecule has 0 amide bonds. The van der Waals surface area contributed by atoms with Gasteiger partial charge in [0.25, 0.3) is 0 Å². The Morgan fingerprint density at radius 2 is 2.00 bits per heavy atom. The van der Waals surface area contributed by atoms with Gasteiger partial charge >= 0.3 is 16.1 Å². The first kappa shape index (κ1) is 9.93. The molecule has 1 unspecified atom stereocenters. The third-order valence-corrected chi connectivity index (χ3v) is 0.777. The Kier molecular flexibility index (Phi) is 6.99. The number of hydrogen-bond acceptors (Lipinski definition) is 5. The SMILES string of the molecule is [B]OOCC(CN)OO[B]. The number of nitrogens with two attached hydrogens (primary N) is 1. The first-order valence-corrected chi connectivity index (χ1v) is 2.55. The molecule has 0 saturated heterocycles. The molecule has 0 heterocycles. The Morgan fingerprint density at radius 3 is 2.40 bits per heavy atom. The number of rotatable bonds is 6. The zero-order valence-corrected chi connectivity index (χ0v) is 5.36. The van der Waals surface area contributed by atoms with E-state index in [0.717, 1.165) is 0 Å². The highest BCUT2D eigenvalue weighted by Gasteiger charge is 2.06. The van der Waals surface area contributed by atoms with Crippen molar-refractivity contribution in [1.29, 1.82) is 0 Å². The molecule has 0 aromatic carbocycles. The number of hydrogen-bond donors (Lipinski definition) is 1. The van der Waals surface area contributed by atoms with Gasteiger partial charge < -0.3 is 15.3 Å². The van der Waals surface area contributed by atoms with Crippen LogP contribution in [-0.4, -0.2) is 35.4 Å². The van der Waals surface area contributed by atoms with Gasteiger partial charge in [-0.05, 0) is 0 Å². The van der Waals surface area contributed by atoms with Crippen molar-refractivity contribution < 1.29 is 19.4 Å². The molecule has 0 saturated carbocycles. The highest BCUT2D eigenvalue weighted by atomic mass is 17.2. The molecule has 0 fully saturated rings. The van der Waals surface area contributed by atoms with Gasteiger partial charge in [-0.2, -0.15) is 0 Å². The maximum absolute atomic E-state index is 5.16. The van der Waals surface area contributed by atoms with Crippen molar-refractivity contribution in [3.63, 3.8) is 0 Å². The first-order chi connectivity index (χ1) is 4.85. The molecule has 54 valence electrons. The Balaban J connectivity index is 3.21. The van der Waals surface area contributed by atoms with E-state index in [4.69, 9.17) is 5.73 Å². The van der Waals surface area contributed by atoms with Crippen LogP contribution in [0.3, 0.4) is 0 Å². The molecular weight excluding hydrogens is 136 g/mol. The van der Waals surface area contributed by atoms with Crippen LogP contribution in [0.1, 0.15) is 0 Å². The van der Waals surface area contributed by atoms with Crippen molar-refractivity contribution in [3.05, 3.63) is 0 Å². The summed E-state index contributed by atoms with van der Waals surface area (Å²) >= 11 is 0. The van der Waals surface area contributed by atoms with Crippen LogP contribution >= 0.6 is 0 Å². The van der Waals surface area contributed by atoms with Crippen molar-refractivity contribution in [2.24, 2.45) is 5.73 Å². The summed E-state index contributed by atoms with van der Waals surface area (Å²) in [5.74, 6) is 0. The van der Waals surface area contributed by atoms with Crippen LogP contribution in [0.4, 0.5) is 0 Å². The van der Waals surface area contributed by atoms with Gasteiger partial charge in [-0.25, -0.2) is 4.89 Å². The van der Waals surface area contributed by atoms with Gasteiger partial charge in [-0.1, -0.05) is 0 Å². The van der Waals surface area contributed by atoms with Gasteiger partial charge in [0.1, 0.15) is 12.7 Å². The summed E-state index contributed by atoms with van der Waals surface area (Å²) in [4.78, 5) is 16.3. The van der Waals surface area contributed by atoms with Crippen LogP contribution in [0.5, 0.6) is 0 Å². The largest absolute Gasteiger partial charge is 0.338 e. The van der Waals surface area contributed by atoms with Crippen LogP contribution in [0.25, 0.3) is 0 Å². The summed E-state index contributed by atoms with van der Waals surface area (Å²) in [6.45, 7) is 0.255. The lowest BCUT2D eigenvalue weighted by Crippen LogP contribution is -2.28. The molecular formula is C3H7B2NO4.